The molecule has 0 amide bonds. The summed E-state index contributed by atoms with van der Waals surface area (Å²) in [6.07, 6.45) is 13.5. The van der Waals surface area contributed by atoms with Crippen LogP contribution in [-0.4, -0.2) is 6.61 Å². The first-order valence-corrected chi connectivity index (χ1v) is 11.6. The summed E-state index contributed by atoms with van der Waals surface area (Å²) >= 11 is 0. The van der Waals surface area contributed by atoms with Crippen LogP contribution >= 0.6 is 0 Å². The molecule has 0 atom stereocenters. The van der Waals surface area contributed by atoms with Gasteiger partial charge in [0, 0.05) is 0 Å². The highest BCUT2D eigenvalue weighted by Crippen LogP contribution is 2.34. The third-order valence-corrected chi connectivity index (χ3v) is 6.41. The summed E-state index contributed by atoms with van der Waals surface area (Å²) in [5.41, 5.74) is 4.05. The zero-order chi connectivity index (χ0) is 19.6. The van der Waals surface area contributed by atoms with Crippen molar-refractivity contribution in [3.8, 4) is 16.9 Å². The summed E-state index contributed by atoms with van der Waals surface area (Å²) < 4.78 is 5.77. The van der Waals surface area contributed by atoms with Crippen LogP contribution in [-0.2, 0) is 6.42 Å². The van der Waals surface area contributed by atoms with Crippen molar-refractivity contribution in [2.24, 2.45) is 11.8 Å². The number of hydrogen-bond acceptors (Lipinski definition) is 1. The molecule has 1 fully saturated rings. The van der Waals surface area contributed by atoms with Gasteiger partial charge in [-0.15, -0.1) is 0 Å². The molecule has 2 aromatic rings. The molecule has 0 bridgehead atoms. The molecule has 152 valence electrons. The second-order valence-electron chi connectivity index (χ2n) is 8.64. The molecule has 0 aliphatic heterocycles. The van der Waals surface area contributed by atoms with Gasteiger partial charge in [0.15, 0.2) is 0 Å². The smallest absolute Gasteiger partial charge is 0.119 e. The highest BCUT2D eigenvalue weighted by Gasteiger charge is 2.20. The van der Waals surface area contributed by atoms with Crippen LogP contribution in [0.4, 0.5) is 0 Å². The molecular weight excluding hydrogens is 340 g/mol. The molecular formula is C27H38O. The number of benzene rings is 2. The zero-order valence-corrected chi connectivity index (χ0v) is 18.0. The van der Waals surface area contributed by atoms with Crippen molar-refractivity contribution in [1.29, 1.82) is 0 Å². The quantitative estimate of drug-likeness (QED) is 0.380. The fourth-order valence-corrected chi connectivity index (χ4v) is 4.53. The summed E-state index contributed by atoms with van der Waals surface area (Å²) in [5.74, 6) is 2.94. The Kier molecular flexibility index (Phi) is 8.45. The van der Waals surface area contributed by atoms with Gasteiger partial charge in [0.05, 0.1) is 6.61 Å². The molecule has 1 saturated carbocycles. The predicted octanol–water partition coefficient (Wildman–Crippen LogP) is 8.07. The maximum absolute atomic E-state index is 5.77. The van der Waals surface area contributed by atoms with E-state index in [0.717, 1.165) is 30.6 Å². The minimum absolute atomic E-state index is 0.810. The summed E-state index contributed by atoms with van der Waals surface area (Å²) in [4.78, 5) is 0. The molecule has 0 heterocycles. The second-order valence-corrected chi connectivity index (χ2v) is 8.64. The Hall–Kier alpha value is -1.76. The van der Waals surface area contributed by atoms with Gasteiger partial charge >= 0.3 is 0 Å². The Morgan fingerprint density at radius 1 is 0.714 bits per heavy atom. The monoisotopic (exact) mass is 378 g/mol. The van der Waals surface area contributed by atoms with Crippen molar-refractivity contribution < 1.29 is 4.74 Å². The number of ether oxygens (including phenoxy) is 1. The predicted molar refractivity (Wildman–Crippen MR) is 121 cm³/mol. The van der Waals surface area contributed by atoms with Crippen molar-refractivity contribution in [3.05, 3.63) is 54.1 Å². The van der Waals surface area contributed by atoms with Crippen molar-refractivity contribution in [2.75, 3.05) is 6.61 Å². The van der Waals surface area contributed by atoms with Crippen LogP contribution in [0, 0.1) is 11.8 Å². The van der Waals surface area contributed by atoms with Gasteiger partial charge in [-0.2, -0.15) is 0 Å². The molecule has 1 aliphatic rings. The van der Waals surface area contributed by atoms with Gasteiger partial charge in [0.1, 0.15) is 5.75 Å². The Morgan fingerprint density at radius 3 is 1.86 bits per heavy atom. The van der Waals surface area contributed by atoms with E-state index in [2.05, 4.69) is 62.4 Å². The topological polar surface area (TPSA) is 9.23 Å². The van der Waals surface area contributed by atoms with E-state index in [-0.39, 0.29) is 0 Å². The first-order chi connectivity index (χ1) is 13.8. The minimum Gasteiger partial charge on any atom is -0.494 e. The Bertz CT molecular complexity index is 662. The molecule has 3 rings (SSSR count). The van der Waals surface area contributed by atoms with Crippen LogP contribution in [0.15, 0.2) is 48.5 Å². The van der Waals surface area contributed by atoms with Gasteiger partial charge in [0.2, 0.25) is 0 Å². The molecule has 0 radical (unpaired) electrons. The third kappa shape index (κ3) is 6.40. The zero-order valence-electron chi connectivity index (χ0n) is 18.0. The van der Waals surface area contributed by atoms with Gasteiger partial charge in [-0.05, 0) is 59.9 Å². The van der Waals surface area contributed by atoms with E-state index in [4.69, 9.17) is 4.74 Å². The van der Waals surface area contributed by atoms with Crippen LogP contribution in [0.1, 0.15) is 77.2 Å². The maximum atomic E-state index is 5.77. The van der Waals surface area contributed by atoms with Crippen molar-refractivity contribution >= 4 is 0 Å². The molecule has 0 saturated heterocycles. The van der Waals surface area contributed by atoms with Crippen LogP contribution in [0.25, 0.3) is 11.1 Å². The lowest BCUT2D eigenvalue weighted by atomic mass is 9.78. The van der Waals surface area contributed by atoms with Gasteiger partial charge < -0.3 is 4.74 Å². The fourth-order valence-electron chi connectivity index (χ4n) is 4.53. The molecule has 1 heteroatoms. The SMILES string of the molecule is CCCCOc1ccc(-c2ccc(CCC3CCC(CCC)CC3)cc2)cc1. The lowest BCUT2D eigenvalue weighted by molar-refractivity contribution is 0.252. The Balaban J connectivity index is 1.46. The third-order valence-electron chi connectivity index (χ3n) is 6.41. The standard InChI is InChI=1S/C27H38O/c1-3-5-21-28-27-19-17-26(18-20-27)25-15-13-24(14-16-25)12-11-23-9-7-22(6-4-2)8-10-23/h13-20,22-23H,3-12,21H2,1-2H3. The van der Waals surface area contributed by atoms with Crippen LogP contribution < -0.4 is 4.74 Å². The summed E-state index contributed by atoms with van der Waals surface area (Å²) in [5, 5.41) is 0. The number of rotatable bonds is 10. The summed E-state index contributed by atoms with van der Waals surface area (Å²) in [6, 6.07) is 17.7. The molecule has 28 heavy (non-hydrogen) atoms. The van der Waals surface area contributed by atoms with Gasteiger partial charge in [-0.3, -0.25) is 0 Å². The highest BCUT2D eigenvalue weighted by atomic mass is 16.5. The van der Waals surface area contributed by atoms with E-state index in [1.54, 1.807) is 0 Å². The minimum atomic E-state index is 0.810. The molecule has 0 unspecified atom stereocenters. The van der Waals surface area contributed by atoms with E-state index < -0.39 is 0 Å². The molecule has 1 aliphatic carbocycles. The summed E-state index contributed by atoms with van der Waals surface area (Å²) in [7, 11) is 0. The van der Waals surface area contributed by atoms with Crippen LogP contribution in [0.3, 0.4) is 0 Å². The fraction of sp³-hybridized carbons (Fsp3) is 0.556. The van der Waals surface area contributed by atoms with E-state index in [9.17, 15) is 0 Å². The number of unbranched alkanes of at least 4 members (excludes halogenated alkanes) is 1. The average Bonchev–Trinajstić information content (AvgIpc) is 2.75. The van der Waals surface area contributed by atoms with Crippen molar-refractivity contribution in [1.82, 2.24) is 0 Å². The van der Waals surface area contributed by atoms with Gasteiger partial charge in [-0.25, -0.2) is 0 Å². The molecule has 0 spiro atoms. The second kappa shape index (κ2) is 11.3. The van der Waals surface area contributed by atoms with E-state index in [0.29, 0.717) is 0 Å². The largest absolute Gasteiger partial charge is 0.494 e. The van der Waals surface area contributed by atoms with E-state index in [1.165, 1.54) is 74.5 Å². The molecule has 0 aromatic heterocycles. The maximum Gasteiger partial charge on any atom is 0.119 e. The van der Waals surface area contributed by atoms with E-state index in [1.807, 2.05) is 0 Å². The lowest BCUT2D eigenvalue weighted by Gasteiger charge is -2.28. The lowest BCUT2D eigenvalue weighted by Crippen LogP contribution is -2.15. The summed E-state index contributed by atoms with van der Waals surface area (Å²) in [6.45, 7) is 5.32. The van der Waals surface area contributed by atoms with Crippen molar-refractivity contribution in [2.45, 2.75) is 78.1 Å². The van der Waals surface area contributed by atoms with Gasteiger partial charge in [0.25, 0.3) is 0 Å². The first kappa shape index (κ1) is 21.0. The normalized spacial score (nSPS) is 19.5. The Morgan fingerprint density at radius 2 is 1.29 bits per heavy atom. The van der Waals surface area contributed by atoms with Crippen LogP contribution in [0.5, 0.6) is 5.75 Å². The van der Waals surface area contributed by atoms with Crippen LogP contribution in [0.2, 0.25) is 0 Å². The molecule has 1 nitrogen and oxygen atoms in total. The first-order valence-electron chi connectivity index (χ1n) is 11.6. The molecule has 0 N–H and O–H groups in total. The highest BCUT2D eigenvalue weighted by molar-refractivity contribution is 5.64. The van der Waals surface area contributed by atoms with E-state index >= 15 is 0 Å². The van der Waals surface area contributed by atoms with Crippen molar-refractivity contribution in [3.63, 3.8) is 0 Å². The number of aryl methyl sites for hydroxylation is 1. The number of hydrogen-bond donors (Lipinski definition) is 0. The molecule has 2 aromatic carbocycles. The van der Waals surface area contributed by atoms with Gasteiger partial charge in [-0.1, -0.05) is 95.2 Å². The average molecular weight is 379 g/mol. The Labute approximate surface area is 172 Å².